The fourth-order valence-electron chi connectivity index (χ4n) is 7.86. The molecular formula is C33H48F6O4. The lowest BCUT2D eigenvalue weighted by atomic mass is 9.55. The maximum absolute atomic E-state index is 13.5. The normalized spacial score (nSPS) is 35.6. The first-order chi connectivity index (χ1) is 22.0. The molecule has 3 aliphatic carbocycles. The zero-order valence-corrected chi connectivity index (χ0v) is 24.7. The standard InChI is InChI=1S/C33H48F6O4/c1-21-23(19-24(40)20-26(21)41)11-10-22-9-6-17-30(5)25(22)12-13-27(30)29(4,15-7-14-28(2,3)42)16-8-18-31(43,32(34,35)36)33(37,38)39/h8,10-11,18,24-27,40-43H,1,6-7,9,12-17,19-20H2,2-5H3/b18-8-,22-10+,23-11-/t24-,25?,26+,27-,29?,30+/m1/s1/i2D3,3D3. The van der Waals surface area contributed by atoms with E-state index >= 15 is 0 Å². The molecule has 0 amide bonds. The maximum Gasteiger partial charge on any atom is 0.429 e. The molecular weight excluding hydrogens is 574 g/mol. The van der Waals surface area contributed by atoms with E-state index < -0.39 is 66.7 Å². The van der Waals surface area contributed by atoms with Crippen molar-refractivity contribution in [1.82, 2.24) is 0 Å². The highest BCUT2D eigenvalue weighted by Crippen LogP contribution is 2.64. The highest BCUT2D eigenvalue weighted by atomic mass is 19.4. The van der Waals surface area contributed by atoms with Gasteiger partial charge < -0.3 is 20.4 Å². The Kier molecular flexibility index (Phi) is 8.14. The Morgan fingerprint density at radius 2 is 1.67 bits per heavy atom. The molecule has 3 saturated carbocycles. The summed E-state index contributed by atoms with van der Waals surface area (Å²) in [5, 5.41) is 41.0. The minimum Gasteiger partial charge on any atom is -0.393 e. The molecule has 43 heavy (non-hydrogen) atoms. The predicted molar refractivity (Wildman–Crippen MR) is 154 cm³/mol. The van der Waals surface area contributed by atoms with E-state index in [0.717, 1.165) is 18.4 Å². The van der Waals surface area contributed by atoms with Crippen LogP contribution in [0.15, 0.2) is 47.6 Å². The zero-order chi connectivity index (χ0) is 37.6. The lowest BCUT2D eigenvalue weighted by molar-refractivity contribution is -0.347. The number of halogens is 6. The topological polar surface area (TPSA) is 80.9 Å². The van der Waals surface area contributed by atoms with Crippen molar-refractivity contribution >= 4 is 0 Å². The highest BCUT2D eigenvalue weighted by molar-refractivity contribution is 5.38. The van der Waals surface area contributed by atoms with Gasteiger partial charge in [0.2, 0.25) is 0 Å². The van der Waals surface area contributed by atoms with Crippen molar-refractivity contribution in [2.24, 2.45) is 22.7 Å². The molecule has 0 aromatic rings. The molecule has 3 rings (SSSR count). The lowest BCUT2D eigenvalue weighted by Crippen LogP contribution is -2.55. The average Bonchev–Trinajstić information content (AvgIpc) is 3.29. The number of hydrogen-bond donors (Lipinski definition) is 4. The van der Waals surface area contributed by atoms with Gasteiger partial charge in [0.15, 0.2) is 0 Å². The van der Waals surface area contributed by atoms with Crippen LogP contribution < -0.4 is 0 Å². The Balaban J connectivity index is 2.01. The van der Waals surface area contributed by atoms with Gasteiger partial charge in [-0.1, -0.05) is 50.6 Å². The summed E-state index contributed by atoms with van der Waals surface area (Å²) in [5.41, 5.74) is -7.54. The number of aliphatic hydroxyl groups is 4. The summed E-state index contributed by atoms with van der Waals surface area (Å²) in [5.74, 6) is -0.375. The Morgan fingerprint density at radius 3 is 2.28 bits per heavy atom. The van der Waals surface area contributed by atoms with Gasteiger partial charge in [0, 0.05) is 14.6 Å². The third-order valence-electron chi connectivity index (χ3n) is 10.2. The minimum atomic E-state index is -6.06. The smallest absolute Gasteiger partial charge is 0.393 e. The number of allylic oxidation sites excluding steroid dienone is 4. The van der Waals surface area contributed by atoms with Crippen molar-refractivity contribution in [2.45, 2.75) is 134 Å². The van der Waals surface area contributed by atoms with Crippen LogP contribution in [0, 0.1) is 22.7 Å². The first-order valence-electron chi connectivity index (χ1n) is 17.7. The minimum absolute atomic E-state index is 0.0338. The lowest BCUT2D eigenvalue weighted by Gasteiger charge is -2.49. The summed E-state index contributed by atoms with van der Waals surface area (Å²) >= 11 is 0. The highest BCUT2D eigenvalue weighted by Gasteiger charge is 2.69. The Bertz CT molecular complexity index is 1280. The third kappa shape index (κ3) is 7.79. The molecule has 0 spiro atoms. The number of hydrogen-bond acceptors (Lipinski definition) is 4. The monoisotopic (exact) mass is 628 g/mol. The van der Waals surface area contributed by atoms with Gasteiger partial charge in [-0.05, 0) is 111 Å². The molecule has 0 aliphatic heterocycles. The van der Waals surface area contributed by atoms with E-state index in [9.17, 15) is 46.8 Å². The number of aliphatic hydroxyl groups excluding tert-OH is 2. The molecule has 6 atom stereocenters. The number of alkyl halides is 6. The van der Waals surface area contributed by atoms with Crippen molar-refractivity contribution in [3.05, 3.63) is 47.6 Å². The Morgan fingerprint density at radius 1 is 1.02 bits per heavy atom. The van der Waals surface area contributed by atoms with Crippen LogP contribution in [0.1, 0.15) is 106 Å². The van der Waals surface area contributed by atoms with Gasteiger partial charge in [-0.2, -0.15) is 26.3 Å². The van der Waals surface area contributed by atoms with E-state index in [2.05, 4.69) is 6.58 Å². The van der Waals surface area contributed by atoms with Gasteiger partial charge in [-0.3, -0.25) is 0 Å². The van der Waals surface area contributed by atoms with E-state index in [-0.39, 0.29) is 43.6 Å². The summed E-state index contributed by atoms with van der Waals surface area (Å²) in [4.78, 5) is 0. The molecule has 3 aliphatic rings. The SMILES string of the molecule is [2H]C([2H])([2H])C(O)(CCCC(C)(C/C=C\C(O)(C(F)(F)F)C(F)(F)F)[C@H]1CCC2/C(=C/C=C3/C[C@@H](O)C[C@H](O)C3=C)CCC[C@@]21C)C([2H])([2H])[2H]. The van der Waals surface area contributed by atoms with E-state index in [0.29, 0.717) is 42.9 Å². The molecule has 0 bridgehead atoms. The van der Waals surface area contributed by atoms with E-state index in [1.54, 1.807) is 6.92 Å². The third-order valence-corrected chi connectivity index (χ3v) is 10.2. The second-order valence-electron chi connectivity index (χ2n) is 13.3. The van der Waals surface area contributed by atoms with Crippen LogP contribution in [0.3, 0.4) is 0 Å². The van der Waals surface area contributed by atoms with Gasteiger partial charge >= 0.3 is 12.4 Å². The molecule has 0 aromatic heterocycles. The van der Waals surface area contributed by atoms with Crippen LogP contribution in [0.5, 0.6) is 0 Å². The van der Waals surface area contributed by atoms with Gasteiger partial charge in [0.05, 0.1) is 17.8 Å². The molecule has 2 unspecified atom stereocenters. The van der Waals surface area contributed by atoms with E-state index in [1.165, 1.54) is 0 Å². The quantitative estimate of drug-likeness (QED) is 0.155. The van der Waals surface area contributed by atoms with Crippen molar-refractivity contribution in [2.75, 3.05) is 0 Å². The molecule has 0 saturated heterocycles. The molecule has 10 heteroatoms. The molecule has 0 aromatic carbocycles. The van der Waals surface area contributed by atoms with Crippen LogP contribution in [-0.2, 0) is 0 Å². The van der Waals surface area contributed by atoms with Crippen molar-refractivity contribution in [3.63, 3.8) is 0 Å². The Hall–Kier alpha value is -1.62. The summed E-state index contributed by atoms with van der Waals surface area (Å²) < 4.78 is 127. The first-order valence-corrected chi connectivity index (χ1v) is 14.7. The fourth-order valence-corrected chi connectivity index (χ4v) is 7.86. The van der Waals surface area contributed by atoms with E-state index in [4.69, 9.17) is 8.22 Å². The van der Waals surface area contributed by atoms with Gasteiger partial charge in [-0.25, -0.2) is 0 Å². The fraction of sp³-hybridized carbons (Fsp3) is 0.758. The molecule has 4 N–H and O–H groups in total. The molecule has 3 fully saturated rings. The average molecular weight is 629 g/mol. The molecule has 0 heterocycles. The van der Waals surface area contributed by atoms with Gasteiger partial charge in [-0.15, -0.1) is 0 Å². The second kappa shape index (κ2) is 12.6. The maximum atomic E-state index is 13.5. The summed E-state index contributed by atoms with van der Waals surface area (Å²) in [7, 11) is 0. The Labute approximate surface area is 259 Å². The van der Waals surface area contributed by atoms with Crippen LogP contribution in [0.4, 0.5) is 26.3 Å². The predicted octanol–water partition coefficient (Wildman–Crippen LogP) is 7.88. The summed E-state index contributed by atoms with van der Waals surface area (Å²) in [6.07, 6.45) is -7.24. The van der Waals surface area contributed by atoms with Crippen molar-refractivity contribution < 1.29 is 55.0 Å². The van der Waals surface area contributed by atoms with Crippen molar-refractivity contribution in [1.29, 1.82) is 0 Å². The summed E-state index contributed by atoms with van der Waals surface area (Å²) in [6, 6.07) is 0. The first kappa shape index (κ1) is 27.7. The molecule has 246 valence electrons. The van der Waals surface area contributed by atoms with E-state index in [1.807, 2.05) is 19.1 Å². The van der Waals surface area contributed by atoms with Crippen molar-refractivity contribution in [3.8, 4) is 0 Å². The largest absolute Gasteiger partial charge is 0.429 e. The second-order valence-corrected chi connectivity index (χ2v) is 13.3. The molecule has 4 nitrogen and oxygen atoms in total. The number of fused-ring (bicyclic) bond motifs is 1. The number of rotatable bonds is 9. The van der Waals surface area contributed by atoms with Crippen LogP contribution in [-0.4, -0.2) is 56.2 Å². The van der Waals surface area contributed by atoms with Gasteiger partial charge in [0.1, 0.15) is 0 Å². The molecule has 0 radical (unpaired) electrons. The zero-order valence-electron chi connectivity index (χ0n) is 30.7. The van der Waals surface area contributed by atoms with Crippen LogP contribution in [0.25, 0.3) is 0 Å². The van der Waals surface area contributed by atoms with Crippen LogP contribution in [0.2, 0.25) is 0 Å². The summed E-state index contributed by atoms with van der Waals surface area (Å²) in [6.45, 7) is 1.00. The van der Waals surface area contributed by atoms with Crippen LogP contribution >= 0.6 is 0 Å². The van der Waals surface area contributed by atoms with Gasteiger partial charge in [0.25, 0.3) is 5.60 Å².